The molecule has 3 nitrogen and oxygen atoms in total. The van der Waals surface area contributed by atoms with Crippen molar-refractivity contribution >= 4 is 23.4 Å². The second-order valence-corrected chi connectivity index (χ2v) is 5.25. The maximum atomic E-state index is 11.7. The van der Waals surface area contributed by atoms with Crippen molar-refractivity contribution in [2.24, 2.45) is 11.8 Å². The maximum absolute atomic E-state index is 11.7. The Bertz CT molecular complexity index is 466. The van der Waals surface area contributed by atoms with Gasteiger partial charge in [0.15, 0.2) is 0 Å². The number of carbonyl (C=O) groups is 2. The zero-order valence-electron chi connectivity index (χ0n) is 9.93. The smallest absolute Gasteiger partial charge is 0.307 e. The summed E-state index contributed by atoms with van der Waals surface area (Å²) in [5.41, 5.74) is 0.860. The van der Waals surface area contributed by atoms with Gasteiger partial charge in [0.25, 0.3) is 0 Å². The first kappa shape index (κ1) is 13.1. The summed E-state index contributed by atoms with van der Waals surface area (Å²) in [6.45, 7) is 0. The minimum absolute atomic E-state index is 0.0874. The molecule has 96 valence electrons. The van der Waals surface area contributed by atoms with E-state index >= 15 is 0 Å². The molecule has 0 aromatic heterocycles. The number of hydrogen-bond donors (Lipinski definition) is 1. The summed E-state index contributed by atoms with van der Waals surface area (Å²) < 4.78 is 0. The fraction of sp³-hybridized carbons (Fsp3) is 0.429. The Hall–Kier alpha value is -1.35. The van der Waals surface area contributed by atoms with E-state index in [1.807, 2.05) is 6.07 Å². The summed E-state index contributed by atoms with van der Waals surface area (Å²) in [5.74, 6) is -1.35. The van der Waals surface area contributed by atoms with Gasteiger partial charge in [0.1, 0.15) is 5.78 Å². The van der Waals surface area contributed by atoms with Gasteiger partial charge >= 0.3 is 5.97 Å². The fourth-order valence-corrected chi connectivity index (χ4v) is 2.22. The number of aliphatic carboxylic acids is 1. The van der Waals surface area contributed by atoms with E-state index in [1.165, 1.54) is 0 Å². The van der Waals surface area contributed by atoms with Gasteiger partial charge in [-0.25, -0.2) is 0 Å². The van der Waals surface area contributed by atoms with Crippen LogP contribution in [0.25, 0.3) is 0 Å². The topological polar surface area (TPSA) is 54.4 Å². The third-order valence-electron chi connectivity index (χ3n) is 3.20. The highest BCUT2D eigenvalue weighted by molar-refractivity contribution is 6.30. The second kappa shape index (κ2) is 5.53. The molecule has 1 aromatic carbocycles. The normalized spacial score (nSPS) is 16.3. The molecule has 0 radical (unpaired) electrons. The lowest BCUT2D eigenvalue weighted by atomic mass is 9.93. The number of carboxylic acid groups (broad SMARTS) is 1. The lowest BCUT2D eigenvalue weighted by Crippen LogP contribution is -2.21. The van der Waals surface area contributed by atoms with Crippen LogP contribution in [0.2, 0.25) is 5.02 Å². The van der Waals surface area contributed by atoms with E-state index in [0.717, 1.165) is 18.4 Å². The molecule has 1 fully saturated rings. The number of hydrogen-bond acceptors (Lipinski definition) is 2. The van der Waals surface area contributed by atoms with E-state index in [1.54, 1.807) is 18.2 Å². The average Bonchev–Trinajstić information content (AvgIpc) is 3.11. The van der Waals surface area contributed by atoms with Crippen LogP contribution in [0.15, 0.2) is 24.3 Å². The highest BCUT2D eigenvalue weighted by Gasteiger charge is 2.32. The van der Waals surface area contributed by atoms with Crippen LogP contribution in [0, 0.1) is 11.8 Å². The van der Waals surface area contributed by atoms with Crippen molar-refractivity contribution < 1.29 is 14.7 Å². The van der Waals surface area contributed by atoms with E-state index in [0.29, 0.717) is 11.4 Å². The summed E-state index contributed by atoms with van der Waals surface area (Å²) in [7, 11) is 0. The molecule has 0 saturated heterocycles. The molecule has 1 unspecified atom stereocenters. The molecular formula is C14H15ClO3. The van der Waals surface area contributed by atoms with E-state index in [2.05, 4.69) is 0 Å². The van der Waals surface area contributed by atoms with Crippen molar-refractivity contribution in [3.63, 3.8) is 0 Å². The molecule has 1 N–H and O–H groups in total. The first-order valence-corrected chi connectivity index (χ1v) is 6.44. The van der Waals surface area contributed by atoms with Crippen LogP contribution in [-0.4, -0.2) is 16.9 Å². The first-order chi connectivity index (χ1) is 8.56. The van der Waals surface area contributed by atoms with Gasteiger partial charge in [0.2, 0.25) is 0 Å². The van der Waals surface area contributed by atoms with E-state index < -0.39 is 11.9 Å². The fourth-order valence-electron chi connectivity index (χ4n) is 2.01. The van der Waals surface area contributed by atoms with Crippen molar-refractivity contribution in [3.05, 3.63) is 34.9 Å². The molecule has 1 aromatic rings. The molecule has 0 spiro atoms. The van der Waals surface area contributed by atoms with E-state index in [-0.39, 0.29) is 18.1 Å². The Morgan fingerprint density at radius 1 is 1.39 bits per heavy atom. The number of carboxylic acids is 1. The van der Waals surface area contributed by atoms with Gasteiger partial charge in [-0.1, -0.05) is 23.7 Å². The van der Waals surface area contributed by atoms with Gasteiger partial charge in [-0.15, -0.1) is 0 Å². The predicted molar refractivity (Wildman–Crippen MR) is 68.6 cm³/mol. The minimum atomic E-state index is -0.913. The Morgan fingerprint density at radius 3 is 2.67 bits per heavy atom. The van der Waals surface area contributed by atoms with Gasteiger partial charge in [-0.3, -0.25) is 9.59 Å². The highest BCUT2D eigenvalue weighted by atomic mass is 35.5. The lowest BCUT2D eigenvalue weighted by molar-refractivity contribution is -0.143. The third-order valence-corrected chi connectivity index (χ3v) is 3.44. The summed E-state index contributed by atoms with van der Waals surface area (Å²) in [4.78, 5) is 22.9. The van der Waals surface area contributed by atoms with E-state index in [4.69, 9.17) is 16.7 Å². The average molecular weight is 267 g/mol. The zero-order valence-corrected chi connectivity index (χ0v) is 10.7. The number of carbonyl (C=O) groups excluding carboxylic acids is 1. The molecule has 1 aliphatic carbocycles. The van der Waals surface area contributed by atoms with Crippen LogP contribution in [0.4, 0.5) is 0 Å². The number of Topliss-reactive ketones (excluding diaryl/α,β-unsaturated/α-hetero) is 1. The maximum Gasteiger partial charge on any atom is 0.307 e. The SMILES string of the molecule is O=C(O)C(CC(=O)C1CC1)Cc1cccc(Cl)c1. The Labute approximate surface area is 111 Å². The van der Waals surface area contributed by atoms with Crippen molar-refractivity contribution in [2.75, 3.05) is 0 Å². The van der Waals surface area contributed by atoms with Crippen LogP contribution in [-0.2, 0) is 16.0 Å². The second-order valence-electron chi connectivity index (χ2n) is 4.81. The number of halogens is 1. The molecule has 18 heavy (non-hydrogen) atoms. The Balaban J connectivity index is 2.01. The summed E-state index contributed by atoms with van der Waals surface area (Å²) in [6.07, 6.45) is 2.32. The first-order valence-electron chi connectivity index (χ1n) is 6.06. The van der Waals surface area contributed by atoms with Crippen LogP contribution in [0.3, 0.4) is 0 Å². The Morgan fingerprint density at radius 2 is 2.11 bits per heavy atom. The van der Waals surface area contributed by atoms with Gasteiger partial charge in [-0.05, 0) is 37.0 Å². The number of benzene rings is 1. The predicted octanol–water partition coefficient (Wildman–Crippen LogP) is 2.95. The van der Waals surface area contributed by atoms with Crippen molar-refractivity contribution in [2.45, 2.75) is 25.7 Å². The zero-order chi connectivity index (χ0) is 13.1. The molecule has 4 heteroatoms. The highest BCUT2D eigenvalue weighted by Crippen LogP contribution is 2.32. The number of ketones is 1. The molecule has 0 bridgehead atoms. The Kier molecular flexibility index (Phi) is 4.02. The third kappa shape index (κ3) is 3.57. The van der Waals surface area contributed by atoms with Crippen molar-refractivity contribution in [1.29, 1.82) is 0 Å². The quantitative estimate of drug-likeness (QED) is 0.861. The summed E-state index contributed by atoms with van der Waals surface area (Å²) in [6, 6.07) is 7.12. The standard InChI is InChI=1S/C14H15ClO3/c15-12-3-1-2-9(7-12)6-11(14(17)18)8-13(16)10-4-5-10/h1-3,7,10-11H,4-6,8H2,(H,17,18). The molecule has 0 amide bonds. The molecule has 1 atom stereocenters. The summed E-state index contributed by atoms with van der Waals surface area (Å²) >= 11 is 5.86. The molecule has 1 aliphatic rings. The lowest BCUT2D eigenvalue weighted by Gasteiger charge is -2.11. The van der Waals surface area contributed by atoms with E-state index in [9.17, 15) is 9.59 Å². The molecular weight excluding hydrogens is 252 g/mol. The monoisotopic (exact) mass is 266 g/mol. The molecule has 0 heterocycles. The van der Waals surface area contributed by atoms with Crippen LogP contribution >= 0.6 is 11.6 Å². The van der Waals surface area contributed by atoms with Crippen LogP contribution < -0.4 is 0 Å². The largest absolute Gasteiger partial charge is 0.481 e. The molecule has 0 aliphatic heterocycles. The van der Waals surface area contributed by atoms with Gasteiger partial charge in [0, 0.05) is 17.4 Å². The van der Waals surface area contributed by atoms with Crippen LogP contribution in [0.5, 0.6) is 0 Å². The molecule has 2 rings (SSSR count). The van der Waals surface area contributed by atoms with Crippen molar-refractivity contribution in [1.82, 2.24) is 0 Å². The minimum Gasteiger partial charge on any atom is -0.481 e. The summed E-state index contributed by atoms with van der Waals surface area (Å²) in [5, 5.41) is 9.76. The van der Waals surface area contributed by atoms with Crippen molar-refractivity contribution in [3.8, 4) is 0 Å². The number of rotatable bonds is 6. The van der Waals surface area contributed by atoms with Gasteiger partial charge in [-0.2, -0.15) is 0 Å². The molecule has 1 saturated carbocycles. The van der Waals surface area contributed by atoms with Crippen LogP contribution in [0.1, 0.15) is 24.8 Å². The van der Waals surface area contributed by atoms with Gasteiger partial charge in [0.05, 0.1) is 5.92 Å². The van der Waals surface area contributed by atoms with Gasteiger partial charge < -0.3 is 5.11 Å².